The Balaban J connectivity index is 1.60. The summed E-state index contributed by atoms with van der Waals surface area (Å²) < 4.78 is 5.96. The molecule has 5 rings (SSSR count). The van der Waals surface area contributed by atoms with E-state index in [1.165, 1.54) is 19.3 Å². The van der Waals surface area contributed by atoms with Crippen LogP contribution in [0.15, 0.2) is 43.2 Å². The molecule has 4 heterocycles. The van der Waals surface area contributed by atoms with Gasteiger partial charge in [0.2, 0.25) is 0 Å². The molecule has 8 heteroatoms. The molecule has 1 fully saturated rings. The zero-order chi connectivity index (χ0) is 19.3. The van der Waals surface area contributed by atoms with Gasteiger partial charge in [-0.15, -0.1) is 0 Å². The van der Waals surface area contributed by atoms with E-state index in [2.05, 4.69) is 41.6 Å². The molecule has 2 atom stereocenters. The van der Waals surface area contributed by atoms with Gasteiger partial charge in [0.1, 0.15) is 0 Å². The number of fused-ring (bicyclic) bond motifs is 1. The quantitative estimate of drug-likeness (QED) is 0.486. The van der Waals surface area contributed by atoms with Gasteiger partial charge < -0.3 is 0 Å². The zero-order valence-electron chi connectivity index (χ0n) is 16.4. The van der Waals surface area contributed by atoms with Crippen LogP contribution >= 0.6 is 8.73 Å². The Morgan fingerprint density at radius 2 is 1.93 bits per heavy atom. The van der Waals surface area contributed by atoms with Crippen molar-refractivity contribution in [1.29, 1.82) is 0 Å². The molecular weight excluding hydrogens is 369 g/mol. The van der Waals surface area contributed by atoms with Crippen LogP contribution in [0.1, 0.15) is 39.2 Å². The summed E-state index contributed by atoms with van der Waals surface area (Å²) in [7, 11) is 0.596. The Morgan fingerprint density at radius 3 is 2.68 bits per heavy atom. The van der Waals surface area contributed by atoms with Gasteiger partial charge in [-0.25, -0.2) is 9.50 Å². The van der Waals surface area contributed by atoms with E-state index in [-0.39, 0.29) is 5.41 Å². The molecule has 0 bridgehead atoms. The molecule has 0 spiro atoms. The molecule has 7 nitrogen and oxygen atoms in total. The van der Waals surface area contributed by atoms with Crippen LogP contribution in [-0.2, 0) is 0 Å². The van der Waals surface area contributed by atoms with Crippen molar-refractivity contribution in [2.45, 2.75) is 39.2 Å². The number of hydrogen-bond acceptors (Lipinski definition) is 4. The molecule has 1 aliphatic carbocycles. The smallest absolute Gasteiger partial charge is 0.0999 e. The molecule has 28 heavy (non-hydrogen) atoms. The highest BCUT2D eigenvalue weighted by Gasteiger charge is 2.36. The third-order valence-electron chi connectivity index (χ3n) is 5.89. The summed E-state index contributed by atoms with van der Waals surface area (Å²) in [5.41, 5.74) is 5.06. The summed E-state index contributed by atoms with van der Waals surface area (Å²) in [6, 6.07) is 2.44. The average molecular weight is 393 g/mol. The molecule has 4 aromatic heterocycles. The molecule has 144 valence electrons. The van der Waals surface area contributed by atoms with Crippen LogP contribution in [0, 0.1) is 5.41 Å². The molecule has 0 aromatic carbocycles. The van der Waals surface area contributed by atoms with Crippen molar-refractivity contribution in [3.8, 4) is 22.5 Å². The van der Waals surface area contributed by atoms with Crippen molar-refractivity contribution in [3.63, 3.8) is 0 Å². The van der Waals surface area contributed by atoms with Crippen LogP contribution in [0.3, 0.4) is 0 Å². The molecule has 1 saturated carbocycles. The van der Waals surface area contributed by atoms with E-state index in [9.17, 15) is 0 Å². The molecule has 1 aliphatic rings. The monoisotopic (exact) mass is 393 g/mol. The van der Waals surface area contributed by atoms with Crippen molar-refractivity contribution >= 4 is 14.2 Å². The van der Waals surface area contributed by atoms with E-state index in [1.807, 2.05) is 46.0 Å². The van der Waals surface area contributed by atoms with Gasteiger partial charge in [-0.1, -0.05) is 20.3 Å². The Hall–Kier alpha value is -2.53. The van der Waals surface area contributed by atoms with Gasteiger partial charge in [0.25, 0.3) is 0 Å². The van der Waals surface area contributed by atoms with Gasteiger partial charge in [0.05, 0.1) is 47.7 Å². The minimum atomic E-state index is 0.278. The first kappa shape index (κ1) is 17.6. The fraction of sp³-hybridized carbons (Fsp3) is 0.400. The first-order chi connectivity index (χ1) is 13.5. The number of nitrogens with zero attached hydrogens (tertiary/aromatic N) is 7. The third kappa shape index (κ3) is 2.85. The summed E-state index contributed by atoms with van der Waals surface area (Å²) in [6.45, 7) is 6.78. The topological polar surface area (TPSA) is 65.8 Å². The maximum Gasteiger partial charge on any atom is 0.0999 e. The largest absolute Gasteiger partial charge is 0.268 e. The molecule has 0 N–H and O–H groups in total. The second-order valence-corrected chi connectivity index (χ2v) is 9.04. The second-order valence-electron chi connectivity index (χ2n) is 8.14. The predicted octanol–water partition coefficient (Wildman–Crippen LogP) is 4.28. The maximum absolute atomic E-state index is 4.97. The molecule has 2 unspecified atom stereocenters. The summed E-state index contributed by atoms with van der Waals surface area (Å²) in [5, 5.41) is 13.6. The van der Waals surface area contributed by atoms with E-state index in [0.29, 0.717) is 14.8 Å². The first-order valence-electron chi connectivity index (χ1n) is 9.67. The van der Waals surface area contributed by atoms with Gasteiger partial charge in [-0.3, -0.25) is 9.13 Å². The van der Waals surface area contributed by atoms with Gasteiger partial charge in [0.15, 0.2) is 0 Å². The van der Waals surface area contributed by atoms with Crippen LogP contribution in [0.4, 0.5) is 0 Å². The SMILES string of the molecule is CPn1cc(-c2cn3nccc3c(-c3cnn(C4CCCC4(C)C)c3)n2)cn1. The normalized spacial score (nSPS) is 19.3. The summed E-state index contributed by atoms with van der Waals surface area (Å²) in [5.74, 6) is 0. The van der Waals surface area contributed by atoms with Crippen molar-refractivity contribution in [3.05, 3.63) is 43.2 Å². The fourth-order valence-electron chi connectivity index (χ4n) is 4.29. The van der Waals surface area contributed by atoms with Crippen LogP contribution in [0.2, 0.25) is 0 Å². The summed E-state index contributed by atoms with van der Waals surface area (Å²) in [6.07, 6.45) is 15.4. The molecule has 0 amide bonds. The van der Waals surface area contributed by atoms with Crippen LogP contribution in [0.25, 0.3) is 28.0 Å². The highest BCUT2D eigenvalue weighted by atomic mass is 31.1. The van der Waals surface area contributed by atoms with Crippen LogP contribution in [-0.4, -0.2) is 40.6 Å². The third-order valence-corrected chi connectivity index (χ3v) is 6.59. The molecule has 0 aliphatic heterocycles. The standard InChI is InChI=1S/C20H24N7P/c1-20(2)7-4-5-18(20)26-11-15(10-22-26)19-17-6-8-21-25(17)13-16(24-19)14-9-23-27(12-14)28-3/h6,8-13,18,28H,4-5,7H2,1-3H3. The highest BCUT2D eigenvalue weighted by Crippen LogP contribution is 2.45. The Bertz CT molecular complexity index is 1140. The van der Waals surface area contributed by atoms with Crippen molar-refractivity contribution < 1.29 is 0 Å². The first-order valence-corrected chi connectivity index (χ1v) is 11.1. The fourth-order valence-corrected chi connectivity index (χ4v) is 4.73. The highest BCUT2D eigenvalue weighted by molar-refractivity contribution is 7.35. The maximum atomic E-state index is 4.97. The van der Waals surface area contributed by atoms with E-state index in [1.54, 1.807) is 0 Å². The molecular formula is C20H24N7P. The minimum absolute atomic E-state index is 0.278. The summed E-state index contributed by atoms with van der Waals surface area (Å²) >= 11 is 0. The summed E-state index contributed by atoms with van der Waals surface area (Å²) in [4.78, 5) is 4.97. The zero-order valence-corrected chi connectivity index (χ0v) is 17.4. The molecule has 0 saturated heterocycles. The number of aromatic nitrogens is 7. The average Bonchev–Trinajstić information content (AvgIpc) is 3.46. The Kier molecular flexibility index (Phi) is 4.09. The van der Waals surface area contributed by atoms with Gasteiger partial charge in [-0.05, 0) is 39.7 Å². The van der Waals surface area contributed by atoms with E-state index >= 15 is 0 Å². The lowest BCUT2D eigenvalue weighted by Gasteiger charge is -2.27. The lowest BCUT2D eigenvalue weighted by molar-refractivity contribution is 0.243. The van der Waals surface area contributed by atoms with E-state index < -0.39 is 0 Å². The molecule has 4 aromatic rings. The number of rotatable bonds is 4. The lowest BCUT2D eigenvalue weighted by atomic mass is 9.87. The van der Waals surface area contributed by atoms with Gasteiger partial charge in [0, 0.05) is 23.5 Å². The van der Waals surface area contributed by atoms with E-state index in [4.69, 9.17) is 10.1 Å². The van der Waals surface area contributed by atoms with Gasteiger partial charge >= 0.3 is 0 Å². The molecule has 0 radical (unpaired) electrons. The van der Waals surface area contributed by atoms with Crippen molar-refractivity contribution in [2.24, 2.45) is 5.41 Å². The minimum Gasteiger partial charge on any atom is -0.268 e. The second kappa shape index (κ2) is 6.52. The van der Waals surface area contributed by atoms with Crippen LogP contribution < -0.4 is 0 Å². The van der Waals surface area contributed by atoms with E-state index in [0.717, 1.165) is 28.0 Å². The van der Waals surface area contributed by atoms with Crippen LogP contribution in [0.5, 0.6) is 0 Å². The van der Waals surface area contributed by atoms with Gasteiger partial charge in [-0.2, -0.15) is 15.3 Å². The lowest BCUT2D eigenvalue weighted by Crippen LogP contribution is -2.21. The Morgan fingerprint density at radius 1 is 1.07 bits per heavy atom. The van der Waals surface area contributed by atoms with Crippen molar-refractivity contribution in [2.75, 3.05) is 6.66 Å². The van der Waals surface area contributed by atoms with Crippen molar-refractivity contribution in [1.82, 2.24) is 33.9 Å². The Labute approximate surface area is 165 Å². The number of hydrogen-bond donors (Lipinski definition) is 0. The predicted molar refractivity (Wildman–Crippen MR) is 112 cm³/mol.